The lowest BCUT2D eigenvalue weighted by molar-refractivity contribution is -0.479. The lowest BCUT2D eigenvalue weighted by Gasteiger charge is -2.18. The Morgan fingerprint density at radius 3 is 2.35 bits per heavy atom. The van der Waals surface area contributed by atoms with Gasteiger partial charge in [-0.15, -0.1) is 10.2 Å². The Morgan fingerprint density at radius 2 is 1.73 bits per heavy atom. The molecule has 0 saturated heterocycles. The molecule has 0 aliphatic carbocycles. The fraction of sp³-hybridized carbons (Fsp3) is 0.259. The van der Waals surface area contributed by atoms with Crippen molar-refractivity contribution in [3.05, 3.63) is 108 Å². The molecular formula is C27H26ClN5O6S. The van der Waals surface area contributed by atoms with Crippen LogP contribution in [0.25, 0.3) is 5.69 Å². The van der Waals surface area contributed by atoms with Gasteiger partial charge in [-0.1, -0.05) is 29.4 Å². The first-order valence-corrected chi connectivity index (χ1v) is 13.3. The van der Waals surface area contributed by atoms with Crippen molar-refractivity contribution < 1.29 is 19.3 Å². The first-order valence-electron chi connectivity index (χ1n) is 12.1. The Labute approximate surface area is 239 Å². The van der Waals surface area contributed by atoms with E-state index in [0.29, 0.717) is 27.9 Å². The number of nitrogens with zero attached hydrogens (tertiary/aromatic N) is 5. The molecule has 1 aromatic heterocycles. The highest BCUT2D eigenvalue weighted by atomic mass is 35.5. The standard InChI is InChI=1S/C27H26ClN5O6S/c1-16-5-8-22(11-17(16)2)32-18(3)29-30-27(32)40-25(14-31(34)35)20-12-23(28)26(24(13-20)38-4)39-15-19-6-9-21(10-7-19)33(36)37/h5-13,25H,14-15H2,1-4H3/t25-/m1/s1. The molecule has 0 amide bonds. The van der Waals surface area contributed by atoms with E-state index >= 15 is 0 Å². The van der Waals surface area contributed by atoms with Crippen molar-refractivity contribution in [3.63, 3.8) is 0 Å². The molecule has 13 heteroatoms. The van der Waals surface area contributed by atoms with E-state index in [1.165, 1.54) is 31.0 Å². The average molecular weight is 584 g/mol. The zero-order valence-electron chi connectivity index (χ0n) is 22.2. The van der Waals surface area contributed by atoms with Crippen molar-refractivity contribution in [1.29, 1.82) is 0 Å². The summed E-state index contributed by atoms with van der Waals surface area (Å²) in [5.41, 5.74) is 4.33. The van der Waals surface area contributed by atoms with Crippen LogP contribution in [0.5, 0.6) is 11.5 Å². The van der Waals surface area contributed by atoms with Crippen LogP contribution in [0.1, 0.15) is 33.3 Å². The molecule has 0 unspecified atom stereocenters. The van der Waals surface area contributed by atoms with Gasteiger partial charge in [0, 0.05) is 22.7 Å². The van der Waals surface area contributed by atoms with E-state index in [-0.39, 0.29) is 28.0 Å². The van der Waals surface area contributed by atoms with Crippen molar-refractivity contribution in [2.75, 3.05) is 13.7 Å². The molecule has 0 fully saturated rings. The number of methoxy groups -OCH3 is 1. The van der Waals surface area contributed by atoms with Crippen LogP contribution in [-0.2, 0) is 6.61 Å². The summed E-state index contributed by atoms with van der Waals surface area (Å²) in [6, 6.07) is 15.2. The first-order chi connectivity index (χ1) is 19.1. The molecule has 11 nitrogen and oxygen atoms in total. The number of hydrogen-bond acceptors (Lipinski definition) is 9. The molecular weight excluding hydrogens is 558 g/mol. The number of benzene rings is 3. The molecule has 208 valence electrons. The molecule has 0 spiro atoms. The molecule has 40 heavy (non-hydrogen) atoms. The van der Waals surface area contributed by atoms with Crippen LogP contribution in [0.3, 0.4) is 0 Å². The maximum atomic E-state index is 11.7. The van der Waals surface area contributed by atoms with E-state index in [0.717, 1.165) is 16.8 Å². The van der Waals surface area contributed by atoms with Gasteiger partial charge in [0.25, 0.3) is 5.69 Å². The van der Waals surface area contributed by atoms with Gasteiger partial charge in [0.1, 0.15) is 17.7 Å². The highest BCUT2D eigenvalue weighted by molar-refractivity contribution is 7.99. The minimum Gasteiger partial charge on any atom is -0.493 e. The van der Waals surface area contributed by atoms with Gasteiger partial charge in [0.15, 0.2) is 16.7 Å². The van der Waals surface area contributed by atoms with Crippen molar-refractivity contribution >= 4 is 29.1 Å². The van der Waals surface area contributed by atoms with E-state index in [9.17, 15) is 20.2 Å². The summed E-state index contributed by atoms with van der Waals surface area (Å²) in [5, 5.41) is 31.1. The number of halogens is 1. The minimum atomic E-state index is -0.668. The topological polar surface area (TPSA) is 135 Å². The largest absolute Gasteiger partial charge is 0.493 e. The molecule has 0 bridgehead atoms. The number of rotatable bonds is 11. The maximum absolute atomic E-state index is 11.7. The van der Waals surface area contributed by atoms with E-state index < -0.39 is 16.7 Å². The van der Waals surface area contributed by atoms with Gasteiger partial charge in [-0.05, 0) is 79.4 Å². The zero-order valence-corrected chi connectivity index (χ0v) is 23.7. The van der Waals surface area contributed by atoms with Crippen molar-refractivity contribution in [2.24, 2.45) is 0 Å². The average Bonchev–Trinajstić information content (AvgIpc) is 3.28. The number of nitro benzene ring substituents is 1. The monoisotopic (exact) mass is 583 g/mol. The van der Waals surface area contributed by atoms with Gasteiger partial charge in [0.2, 0.25) is 6.54 Å². The maximum Gasteiger partial charge on any atom is 0.269 e. The van der Waals surface area contributed by atoms with Crippen LogP contribution >= 0.6 is 23.4 Å². The Bertz CT molecular complexity index is 1560. The van der Waals surface area contributed by atoms with Crippen LogP contribution in [0, 0.1) is 41.0 Å². The summed E-state index contributed by atoms with van der Waals surface area (Å²) in [7, 11) is 1.45. The SMILES string of the molecule is COc1cc([C@@H](C[N+](=O)[O-])Sc2nnc(C)n2-c2ccc(C)c(C)c2)cc(Cl)c1OCc1ccc([N+](=O)[O-])cc1. The summed E-state index contributed by atoms with van der Waals surface area (Å²) in [4.78, 5) is 21.7. The van der Waals surface area contributed by atoms with Crippen molar-refractivity contribution in [3.8, 4) is 17.2 Å². The van der Waals surface area contributed by atoms with Crippen LogP contribution < -0.4 is 9.47 Å². The normalized spacial score (nSPS) is 11.7. The molecule has 4 aromatic rings. The third-order valence-corrected chi connectivity index (χ3v) is 7.72. The molecule has 0 saturated carbocycles. The minimum absolute atomic E-state index is 0.0263. The molecule has 0 radical (unpaired) electrons. The van der Waals surface area contributed by atoms with E-state index in [2.05, 4.69) is 10.2 Å². The third-order valence-electron chi connectivity index (χ3n) is 6.26. The number of thioether (sulfide) groups is 1. The second kappa shape index (κ2) is 12.3. The lowest BCUT2D eigenvalue weighted by atomic mass is 10.1. The molecule has 0 aliphatic heterocycles. The van der Waals surface area contributed by atoms with Gasteiger partial charge in [-0.2, -0.15) is 0 Å². The summed E-state index contributed by atoms with van der Waals surface area (Å²) in [6.45, 7) is 5.55. The number of nitro groups is 2. The second-order valence-electron chi connectivity index (χ2n) is 9.00. The number of non-ortho nitro benzene ring substituents is 1. The second-order valence-corrected chi connectivity index (χ2v) is 10.6. The van der Waals surface area contributed by atoms with Gasteiger partial charge < -0.3 is 9.47 Å². The van der Waals surface area contributed by atoms with Gasteiger partial charge in [0.05, 0.1) is 17.1 Å². The first kappa shape index (κ1) is 28.8. The highest BCUT2D eigenvalue weighted by Gasteiger charge is 2.26. The molecule has 0 aliphatic rings. The fourth-order valence-corrected chi connectivity index (χ4v) is 5.42. The highest BCUT2D eigenvalue weighted by Crippen LogP contribution is 2.43. The van der Waals surface area contributed by atoms with Gasteiger partial charge >= 0.3 is 0 Å². The van der Waals surface area contributed by atoms with E-state index in [1.807, 2.05) is 43.5 Å². The van der Waals surface area contributed by atoms with E-state index in [4.69, 9.17) is 21.1 Å². The number of ether oxygens (including phenoxy) is 2. The smallest absolute Gasteiger partial charge is 0.269 e. The molecule has 3 aromatic carbocycles. The van der Waals surface area contributed by atoms with Crippen LogP contribution in [0.15, 0.2) is 59.8 Å². The molecule has 1 heterocycles. The summed E-state index contributed by atoms with van der Waals surface area (Å²) < 4.78 is 13.3. The Hall–Kier alpha value is -4.16. The van der Waals surface area contributed by atoms with Crippen LogP contribution in [-0.4, -0.2) is 38.3 Å². The molecule has 4 rings (SSSR count). The molecule has 1 atom stereocenters. The fourth-order valence-electron chi connectivity index (χ4n) is 3.99. The van der Waals surface area contributed by atoms with E-state index in [1.54, 1.807) is 24.3 Å². The Kier molecular flexibility index (Phi) is 8.90. The number of aryl methyl sites for hydroxylation is 3. The number of hydrogen-bond donors (Lipinski definition) is 0. The summed E-state index contributed by atoms with van der Waals surface area (Å²) in [6.07, 6.45) is 0. The predicted octanol–water partition coefficient (Wildman–Crippen LogP) is 6.45. The Morgan fingerprint density at radius 1 is 1.00 bits per heavy atom. The Balaban J connectivity index is 1.63. The van der Waals surface area contributed by atoms with Crippen LogP contribution in [0.2, 0.25) is 5.02 Å². The third kappa shape index (κ3) is 6.52. The number of aromatic nitrogens is 3. The quantitative estimate of drug-likeness (QED) is 0.111. The van der Waals surface area contributed by atoms with Gasteiger partial charge in [-0.3, -0.25) is 24.8 Å². The zero-order chi connectivity index (χ0) is 29.0. The van der Waals surface area contributed by atoms with Crippen LogP contribution in [0.4, 0.5) is 5.69 Å². The summed E-state index contributed by atoms with van der Waals surface area (Å²) in [5.74, 6) is 1.20. The molecule has 0 N–H and O–H groups in total. The summed E-state index contributed by atoms with van der Waals surface area (Å²) >= 11 is 7.79. The van der Waals surface area contributed by atoms with Crippen molar-refractivity contribution in [2.45, 2.75) is 37.8 Å². The lowest BCUT2D eigenvalue weighted by Crippen LogP contribution is -2.12. The van der Waals surface area contributed by atoms with Gasteiger partial charge in [-0.25, -0.2) is 0 Å². The van der Waals surface area contributed by atoms with Crippen molar-refractivity contribution in [1.82, 2.24) is 14.8 Å². The predicted molar refractivity (Wildman–Crippen MR) is 151 cm³/mol.